The van der Waals surface area contributed by atoms with E-state index >= 15 is 0 Å². The lowest BCUT2D eigenvalue weighted by molar-refractivity contribution is -0.140. The van der Waals surface area contributed by atoms with Gasteiger partial charge in [0, 0.05) is 12.7 Å². The molecule has 1 unspecified atom stereocenters. The molecule has 2 rings (SSSR count). The number of aliphatic carboxylic acids is 1. The molecule has 1 aromatic carbocycles. The van der Waals surface area contributed by atoms with Crippen LogP contribution >= 0.6 is 23.2 Å². The maximum Gasteiger partial charge on any atom is 0.328 e. The number of carbonyl (C=O) groups is 2. The predicted octanol–water partition coefficient (Wildman–Crippen LogP) is 2.79. The Morgan fingerprint density at radius 2 is 2.00 bits per heavy atom. The fourth-order valence-electron chi connectivity index (χ4n) is 2.11. The Morgan fingerprint density at radius 1 is 1.38 bits per heavy atom. The summed E-state index contributed by atoms with van der Waals surface area (Å²) in [6.07, 6.45) is 0. The molecule has 2 N–H and O–H groups in total. The summed E-state index contributed by atoms with van der Waals surface area (Å²) < 4.78 is 9.87. The minimum atomic E-state index is -1.23. The number of carbonyl (C=O) groups excluding carboxylic acids is 1. The van der Waals surface area contributed by atoms with Crippen molar-refractivity contribution in [2.45, 2.75) is 13.0 Å². The summed E-state index contributed by atoms with van der Waals surface area (Å²) in [4.78, 5) is 23.7. The first-order valence-electron chi connectivity index (χ1n) is 6.80. The van der Waals surface area contributed by atoms with Gasteiger partial charge in [-0.15, -0.1) is 0 Å². The van der Waals surface area contributed by atoms with Gasteiger partial charge >= 0.3 is 5.97 Å². The quantitative estimate of drug-likeness (QED) is 0.808. The standard InChI is InChI=1S/C15H14Cl2N2O5/c1-7-11(14(20)18-10(6-23-2)15(21)22)13(19-24-7)12-8(16)4-3-5-9(12)17/h3-5,10H,6H2,1-2H3,(H,18,20)(H,21,22). The van der Waals surface area contributed by atoms with Crippen LogP contribution < -0.4 is 5.32 Å². The number of rotatable bonds is 6. The third kappa shape index (κ3) is 3.69. The number of carboxylic acid groups (broad SMARTS) is 1. The topological polar surface area (TPSA) is 102 Å². The van der Waals surface area contributed by atoms with Gasteiger partial charge in [-0.1, -0.05) is 34.4 Å². The molecular formula is C15H14Cl2N2O5. The first-order valence-corrected chi connectivity index (χ1v) is 7.55. The molecule has 0 radical (unpaired) electrons. The largest absolute Gasteiger partial charge is 0.480 e. The highest BCUT2D eigenvalue weighted by molar-refractivity contribution is 6.39. The van der Waals surface area contributed by atoms with Gasteiger partial charge in [0.25, 0.3) is 5.91 Å². The van der Waals surface area contributed by atoms with Crippen molar-refractivity contribution in [3.63, 3.8) is 0 Å². The molecule has 0 aliphatic heterocycles. The molecular weight excluding hydrogens is 359 g/mol. The molecule has 0 spiro atoms. The van der Waals surface area contributed by atoms with Crippen molar-refractivity contribution in [3.05, 3.63) is 39.6 Å². The van der Waals surface area contributed by atoms with Crippen LogP contribution in [0.25, 0.3) is 11.3 Å². The van der Waals surface area contributed by atoms with Crippen molar-refractivity contribution in [1.82, 2.24) is 10.5 Å². The van der Waals surface area contributed by atoms with Gasteiger partial charge in [0.1, 0.15) is 17.0 Å². The van der Waals surface area contributed by atoms with Gasteiger partial charge in [-0.2, -0.15) is 0 Å². The molecule has 0 aliphatic carbocycles. The van der Waals surface area contributed by atoms with Crippen molar-refractivity contribution >= 4 is 35.1 Å². The minimum absolute atomic E-state index is 0.0624. The van der Waals surface area contributed by atoms with E-state index in [9.17, 15) is 9.59 Å². The van der Waals surface area contributed by atoms with E-state index in [1.165, 1.54) is 14.0 Å². The highest BCUT2D eigenvalue weighted by Gasteiger charge is 2.28. The zero-order valence-electron chi connectivity index (χ0n) is 12.8. The van der Waals surface area contributed by atoms with E-state index in [4.69, 9.17) is 37.6 Å². The second-order valence-corrected chi connectivity index (χ2v) is 5.69. The van der Waals surface area contributed by atoms with E-state index < -0.39 is 17.9 Å². The number of carboxylic acids is 1. The summed E-state index contributed by atoms with van der Waals surface area (Å²) in [5.41, 5.74) is 0.538. The van der Waals surface area contributed by atoms with Crippen LogP contribution in [0, 0.1) is 6.92 Å². The zero-order chi connectivity index (χ0) is 17.9. The van der Waals surface area contributed by atoms with Gasteiger partial charge < -0.3 is 19.7 Å². The maximum absolute atomic E-state index is 12.5. The third-order valence-electron chi connectivity index (χ3n) is 3.23. The fraction of sp³-hybridized carbons (Fsp3) is 0.267. The number of ether oxygens (including phenoxy) is 1. The van der Waals surface area contributed by atoms with Gasteiger partial charge in [0.15, 0.2) is 6.04 Å². The number of nitrogens with zero attached hydrogens (tertiary/aromatic N) is 1. The van der Waals surface area contributed by atoms with Crippen LogP contribution in [0.2, 0.25) is 10.0 Å². The first-order chi connectivity index (χ1) is 11.4. The number of amides is 1. The summed E-state index contributed by atoms with van der Waals surface area (Å²) in [7, 11) is 1.34. The van der Waals surface area contributed by atoms with Gasteiger partial charge in [-0.3, -0.25) is 4.79 Å². The monoisotopic (exact) mass is 372 g/mol. The molecule has 0 fully saturated rings. The molecule has 1 atom stereocenters. The Bertz CT molecular complexity index is 755. The maximum atomic E-state index is 12.5. The van der Waals surface area contributed by atoms with Gasteiger partial charge in [-0.05, 0) is 19.1 Å². The molecule has 0 bridgehead atoms. The van der Waals surface area contributed by atoms with E-state index in [0.717, 1.165) is 0 Å². The Morgan fingerprint density at radius 3 is 2.54 bits per heavy atom. The SMILES string of the molecule is COCC(NC(=O)c1c(-c2c(Cl)cccc2Cl)noc1C)C(=O)O. The van der Waals surface area contributed by atoms with Crippen LogP contribution in [0.3, 0.4) is 0 Å². The smallest absolute Gasteiger partial charge is 0.328 e. The first kappa shape index (κ1) is 18.3. The van der Waals surface area contributed by atoms with Crippen molar-refractivity contribution in [2.24, 2.45) is 0 Å². The van der Waals surface area contributed by atoms with Crippen molar-refractivity contribution in [2.75, 3.05) is 13.7 Å². The number of hydrogen-bond acceptors (Lipinski definition) is 5. The van der Waals surface area contributed by atoms with E-state index in [1.807, 2.05) is 0 Å². The second-order valence-electron chi connectivity index (χ2n) is 4.88. The highest BCUT2D eigenvalue weighted by Crippen LogP contribution is 2.36. The summed E-state index contributed by atoms with van der Waals surface area (Å²) in [6, 6.07) is 3.63. The molecule has 7 nitrogen and oxygen atoms in total. The number of aromatic nitrogens is 1. The van der Waals surface area contributed by atoms with E-state index in [2.05, 4.69) is 10.5 Å². The lowest BCUT2D eigenvalue weighted by Crippen LogP contribution is -2.44. The van der Waals surface area contributed by atoms with Gasteiger partial charge in [-0.25, -0.2) is 4.79 Å². The lowest BCUT2D eigenvalue weighted by atomic mass is 10.0. The minimum Gasteiger partial charge on any atom is -0.480 e. The highest BCUT2D eigenvalue weighted by atomic mass is 35.5. The van der Waals surface area contributed by atoms with Crippen LogP contribution in [0.15, 0.2) is 22.7 Å². The zero-order valence-corrected chi connectivity index (χ0v) is 14.3. The average molecular weight is 373 g/mol. The molecule has 2 aromatic rings. The molecule has 1 heterocycles. The normalized spacial score (nSPS) is 12.0. The lowest BCUT2D eigenvalue weighted by Gasteiger charge is -2.14. The van der Waals surface area contributed by atoms with Crippen molar-refractivity contribution in [3.8, 4) is 11.3 Å². The molecule has 128 valence electrons. The number of methoxy groups -OCH3 is 1. The summed E-state index contributed by atoms with van der Waals surface area (Å²) in [5.74, 6) is -1.69. The van der Waals surface area contributed by atoms with Crippen LogP contribution in [-0.4, -0.2) is 41.9 Å². The van der Waals surface area contributed by atoms with Crippen molar-refractivity contribution < 1.29 is 24.0 Å². The summed E-state index contributed by atoms with van der Waals surface area (Å²) in [5, 5.41) is 15.9. The number of aryl methyl sites for hydroxylation is 1. The Kier molecular flexibility index (Phi) is 5.82. The molecule has 0 saturated heterocycles. The summed E-state index contributed by atoms with van der Waals surface area (Å²) >= 11 is 12.3. The van der Waals surface area contributed by atoms with Crippen LogP contribution in [0.1, 0.15) is 16.1 Å². The molecule has 1 aromatic heterocycles. The second kappa shape index (κ2) is 7.65. The molecule has 1 amide bonds. The van der Waals surface area contributed by atoms with E-state index in [-0.39, 0.29) is 33.7 Å². The van der Waals surface area contributed by atoms with E-state index in [1.54, 1.807) is 18.2 Å². The number of hydrogen-bond donors (Lipinski definition) is 2. The van der Waals surface area contributed by atoms with Crippen LogP contribution in [-0.2, 0) is 9.53 Å². The molecule has 9 heteroatoms. The fourth-order valence-corrected chi connectivity index (χ4v) is 2.68. The van der Waals surface area contributed by atoms with Gasteiger partial charge in [0.05, 0.1) is 16.7 Å². The van der Waals surface area contributed by atoms with Gasteiger partial charge in [0.2, 0.25) is 0 Å². The Balaban J connectivity index is 2.43. The molecule has 0 saturated carbocycles. The van der Waals surface area contributed by atoms with E-state index in [0.29, 0.717) is 5.56 Å². The van der Waals surface area contributed by atoms with Crippen molar-refractivity contribution in [1.29, 1.82) is 0 Å². The number of benzene rings is 1. The van der Waals surface area contributed by atoms with Crippen LogP contribution in [0.4, 0.5) is 0 Å². The molecule has 0 aliphatic rings. The number of nitrogens with one attached hydrogen (secondary N) is 1. The third-order valence-corrected chi connectivity index (χ3v) is 3.86. The Labute approximate surface area is 147 Å². The summed E-state index contributed by atoms with van der Waals surface area (Å²) in [6.45, 7) is 1.34. The Hall–Kier alpha value is -2.09. The predicted molar refractivity (Wildman–Crippen MR) is 87.5 cm³/mol. The average Bonchev–Trinajstić information content (AvgIpc) is 2.88. The van der Waals surface area contributed by atoms with Crippen LogP contribution in [0.5, 0.6) is 0 Å². The number of halogens is 2. The molecule has 24 heavy (non-hydrogen) atoms.